The van der Waals surface area contributed by atoms with Crippen molar-refractivity contribution in [3.8, 4) is 22.7 Å². The third-order valence-corrected chi connectivity index (χ3v) is 4.94. The van der Waals surface area contributed by atoms with Gasteiger partial charge in [0, 0.05) is 35.5 Å². The van der Waals surface area contributed by atoms with E-state index in [4.69, 9.17) is 26.2 Å². The highest BCUT2D eigenvalue weighted by Crippen LogP contribution is 2.34. The molecular formula is C20H20ClN3O2. The summed E-state index contributed by atoms with van der Waals surface area (Å²) >= 11 is 6.19. The maximum absolute atomic E-state index is 6.19. The van der Waals surface area contributed by atoms with E-state index in [1.807, 2.05) is 48.1 Å². The molecule has 1 atom stereocenters. The van der Waals surface area contributed by atoms with Gasteiger partial charge in [-0.1, -0.05) is 11.6 Å². The van der Waals surface area contributed by atoms with Crippen molar-refractivity contribution in [2.75, 3.05) is 7.11 Å². The fraction of sp³-hybridized carbons (Fsp3) is 0.300. The number of ether oxygens (including phenoxy) is 2. The van der Waals surface area contributed by atoms with Crippen LogP contribution in [0.15, 0.2) is 36.5 Å². The summed E-state index contributed by atoms with van der Waals surface area (Å²) in [6.45, 7) is 4.62. The zero-order valence-electron chi connectivity index (χ0n) is 15.0. The van der Waals surface area contributed by atoms with Crippen LogP contribution in [-0.4, -0.2) is 28.0 Å². The van der Waals surface area contributed by atoms with Crippen LogP contribution in [0.1, 0.15) is 23.9 Å². The summed E-state index contributed by atoms with van der Waals surface area (Å²) in [7, 11) is 1.62. The van der Waals surface area contributed by atoms with Crippen molar-refractivity contribution in [2.45, 2.75) is 33.0 Å². The number of hydrogen-bond donors (Lipinski definition) is 0. The van der Waals surface area contributed by atoms with Crippen molar-refractivity contribution in [3.05, 3.63) is 58.5 Å². The van der Waals surface area contributed by atoms with Crippen molar-refractivity contribution in [3.63, 3.8) is 0 Å². The smallest absolute Gasteiger partial charge is 0.139 e. The van der Waals surface area contributed by atoms with Gasteiger partial charge in [0.25, 0.3) is 0 Å². The maximum atomic E-state index is 6.19. The van der Waals surface area contributed by atoms with Gasteiger partial charge in [0.2, 0.25) is 0 Å². The van der Waals surface area contributed by atoms with Crippen molar-refractivity contribution < 1.29 is 9.47 Å². The number of methoxy groups -OCH3 is 1. The number of fused-ring (bicyclic) bond motifs is 1. The molecule has 2 aromatic heterocycles. The van der Waals surface area contributed by atoms with E-state index in [0.29, 0.717) is 17.4 Å². The average Bonchev–Trinajstić information content (AvgIpc) is 3.01. The molecule has 1 aromatic carbocycles. The van der Waals surface area contributed by atoms with Crippen LogP contribution in [0.4, 0.5) is 0 Å². The summed E-state index contributed by atoms with van der Waals surface area (Å²) < 4.78 is 13.3. The molecular weight excluding hydrogens is 350 g/mol. The third kappa shape index (κ3) is 2.97. The molecule has 0 aliphatic carbocycles. The van der Waals surface area contributed by atoms with Crippen LogP contribution in [-0.2, 0) is 17.8 Å². The van der Waals surface area contributed by atoms with Crippen molar-refractivity contribution >= 4 is 11.6 Å². The molecule has 3 heterocycles. The summed E-state index contributed by atoms with van der Waals surface area (Å²) in [6, 6.07) is 9.74. The summed E-state index contributed by atoms with van der Waals surface area (Å²) in [5.74, 6) is 0.634. The molecule has 0 N–H and O–H groups in total. The molecule has 0 saturated heterocycles. The molecule has 0 amide bonds. The number of rotatable bonds is 3. The number of nitrogens with zero attached hydrogens (tertiary/aromatic N) is 3. The first kappa shape index (κ1) is 17.1. The highest BCUT2D eigenvalue weighted by Gasteiger charge is 2.26. The number of pyridine rings is 1. The molecule has 1 unspecified atom stereocenters. The molecule has 0 bridgehead atoms. The molecule has 26 heavy (non-hydrogen) atoms. The summed E-state index contributed by atoms with van der Waals surface area (Å²) in [6.07, 6.45) is 2.77. The predicted octanol–water partition coefficient (Wildman–Crippen LogP) is 4.37. The summed E-state index contributed by atoms with van der Waals surface area (Å²) in [4.78, 5) is 4.29. The zero-order valence-corrected chi connectivity index (χ0v) is 15.7. The van der Waals surface area contributed by atoms with E-state index in [9.17, 15) is 0 Å². The molecule has 5 nitrogen and oxygen atoms in total. The summed E-state index contributed by atoms with van der Waals surface area (Å²) in [5, 5.41) is 5.51. The van der Waals surface area contributed by atoms with Gasteiger partial charge in [0.1, 0.15) is 5.75 Å². The molecule has 0 radical (unpaired) electrons. The summed E-state index contributed by atoms with van der Waals surface area (Å²) in [5.41, 5.74) is 6.16. The lowest BCUT2D eigenvalue weighted by molar-refractivity contribution is 0.0401. The Morgan fingerprint density at radius 1 is 1.27 bits per heavy atom. The van der Waals surface area contributed by atoms with Crippen LogP contribution in [0.2, 0.25) is 5.02 Å². The van der Waals surface area contributed by atoms with Gasteiger partial charge in [0.15, 0.2) is 0 Å². The first-order valence-corrected chi connectivity index (χ1v) is 8.94. The van der Waals surface area contributed by atoms with E-state index in [2.05, 4.69) is 11.9 Å². The minimum absolute atomic E-state index is 0.152. The van der Waals surface area contributed by atoms with Crippen LogP contribution in [0.25, 0.3) is 16.9 Å². The molecule has 134 valence electrons. The Morgan fingerprint density at radius 2 is 2.12 bits per heavy atom. The Bertz CT molecular complexity index is 968. The molecule has 6 heteroatoms. The molecule has 1 aliphatic rings. The lowest BCUT2D eigenvalue weighted by Crippen LogP contribution is -2.21. The number of aromatic nitrogens is 3. The maximum Gasteiger partial charge on any atom is 0.139 e. The molecule has 0 saturated carbocycles. The predicted molar refractivity (Wildman–Crippen MR) is 101 cm³/mol. The Hall–Kier alpha value is -2.37. The highest BCUT2D eigenvalue weighted by atomic mass is 35.5. The lowest BCUT2D eigenvalue weighted by atomic mass is 10.0. The minimum atomic E-state index is 0.152. The number of benzene rings is 1. The first-order valence-electron chi connectivity index (χ1n) is 8.56. The van der Waals surface area contributed by atoms with Crippen LogP contribution in [0.3, 0.4) is 0 Å². The van der Waals surface area contributed by atoms with Gasteiger partial charge in [-0.2, -0.15) is 5.10 Å². The monoisotopic (exact) mass is 369 g/mol. The van der Waals surface area contributed by atoms with Crippen LogP contribution < -0.4 is 4.74 Å². The van der Waals surface area contributed by atoms with Gasteiger partial charge in [-0.05, 0) is 38.1 Å². The van der Waals surface area contributed by atoms with Gasteiger partial charge in [0.05, 0.1) is 41.9 Å². The van der Waals surface area contributed by atoms with E-state index < -0.39 is 0 Å². The standard InChI is InChI=1S/C20H20ClN3O2/c1-12-8-14(6-7-22-12)20-16-11-26-13(2)9-18(16)24(23-20)15-4-5-17(21)19(10-15)25-3/h4-8,10,13H,9,11H2,1-3H3. The second-order valence-corrected chi connectivity index (χ2v) is 6.92. The average molecular weight is 370 g/mol. The number of aryl methyl sites for hydroxylation is 1. The fourth-order valence-electron chi connectivity index (χ4n) is 3.32. The molecule has 0 fully saturated rings. The normalized spacial score (nSPS) is 16.4. The number of halogens is 1. The van der Waals surface area contributed by atoms with Gasteiger partial charge < -0.3 is 9.47 Å². The Morgan fingerprint density at radius 3 is 2.88 bits per heavy atom. The molecule has 0 spiro atoms. The van der Waals surface area contributed by atoms with E-state index in [-0.39, 0.29) is 6.10 Å². The van der Waals surface area contributed by atoms with Crippen molar-refractivity contribution in [1.29, 1.82) is 0 Å². The fourth-order valence-corrected chi connectivity index (χ4v) is 3.52. The van der Waals surface area contributed by atoms with Crippen LogP contribution in [0, 0.1) is 6.92 Å². The Balaban J connectivity index is 1.90. The van der Waals surface area contributed by atoms with Gasteiger partial charge in [-0.15, -0.1) is 0 Å². The lowest BCUT2D eigenvalue weighted by Gasteiger charge is -2.21. The quantitative estimate of drug-likeness (QED) is 0.688. The van der Waals surface area contributed by atoms with Crippen LogP contribution in [0.5, 0.6) is 5.75 Å². The van der Waals surface area contributed by atoms with E-state index in [0.717, 1.165) is 40.3 Å². The van der Waals surface area contributed by atoms with Crippen molar-refractivity contribution in [2.24, 2.45) is 0 Å². The SMILES string of the molecule is COc1cc(-n2nc(-c3ccnc(C)c3)c3c2CC(C)OC3)ccc1Cl. The van der Waals surface area contributed by atoms with Gasteiger partial charge in [-0.25, -0.2) is 4.68 Å². The largest absolute Gasteiger partial charge is 0.495 e. The van der Waals surface area contributed by atoms with E-state index >= 15 is 0 Å². The molecule has 3 aromatic rings. The molecule has 1 aliphatic heterocycles. The second-order valence-electron chi connectivity index (χ2n) is 6.52. The van der Waals surface area contributed by atoms with Gasteiger partial charge in [-0.3, -0.25) is 4.98 Å². The Kier molecular flexibility index (Phi) is 4.42. The zero-order chi connectivity index (χ0) is 18.3. The van der Waals surface area contributed by atoms with Gasteiger partial charge >= 0.3 is 0 Å². The van der Waals surface area contributed by atoms with Crippen LogP contribution >= 0.6 is 11.6 Å². The van der Waals surface area contributed by atoms with E-state index in [1.54, 1.807) is 7.11 Å². The highest BCUT2D eigenvalue weighted by molar-refractivity contribution is 6.32. The number of hydrogen-bond acceptors (Lipinski definition) is 4. The topological polar surface area (TPSA) is 49.2 Å². The Labute approximate surface area is 157 Å². The minimum Gasteiger partial charge on any atom is -0.495 e. The second kappa shape index (κ2) is 6.74. The molecule has 4 rings (SSSR count). The van der Waals surface area contributed by atoms with E-state index in [1.165, 1.54) is 0 Å². The third-order valence-electron chi connectivity index (χ3n) is 4.63. The first-order chi connectivity index (χ1) is 12.6. The van der Waals surface area contributed by atoms with Crippen molar-refractivity contribution in [1.82, 2.24) is 14.8 Å².